The first kappa shape index (κ1) is 26.7. The van der Waals surface area contributed by atoms with E-state index in [1.807, 2.05) is 0 Å². The number of nitrogens with zero attached hydrogens (tertiary/aromatic N) is 1. The monoisotopic (exact) mass is 451 g/mol. The lowest BCUT2D eigenvalue weighted by Gasteiger charge is -2.40. The molecule has 0 aromatic heterocycles. The molecule has 0 unspecified atom stereocenters. The van der Waals surface area contributed by atoms with Gasteiger partial charge in [0.2, 0.25) is 11.4 Å². The summed E-state index contributed by atoms with van der Waals surface area (Å²) in [5.41, 5.74) is -1.43. The number of ether oxygens (including phenoxy) is 1. The average molecular weight is 452 g/mol. The number of rotatable bonds is 19. The van der Waals surface area contributed by atoms with Crippen LogP contribution in [0.5, 0.6) is 0 Å². The summed E-state index contributed by atoms with van der Waals surface area (Å²) in [6.45, 7) is 1.97. The van der Waals surface area contributed by atoms with Crippen molar-refractivity contribution in [1.29, 1.82) is 0 Å². The number of carboxylic acid groups (broad SMARTS) is 1. The molecule has 2 rings (SSSR count). The third-order valence-corrected chi connectivity index (χ3v) is 7.01. The second-order valence-electron chi connectivity index (χ2n) is 9.51. The molecule has 2 saturated heterocycles. The Labute approximate surface area is 194 Å². The maximum absolute atomic E-state index is 12.1. The number of hydrogen-bond donors (Lipinski definition) is 2. The van der Waals surface area contributed by atoms with Crippen molar-refractivity contribution in [3.63, 3.8) is 0 Å². The molecule has 0 radical (unpaired) electrons. The summed E-state index contributed by atoms with van der Waals surface area (Å²) in [6, 6.07) is 0. The number of amides is 1. The van der Waals surface area contributed by atoms with Crippen molar-refractivity contribution >= 4 is 11.9 Å². The highest BCUT2D eigenvalue weighted by Crippen LogP contribution is 2.47. The van der Waals surface area contributed by atoms with E-state index in [4.69, 9.17) is 4.74 Å². The SMILES string of the molecule is CCCCCCCCCCCCCCCCCC[C@]1(C(=O)O)/C(=C/CO)O[C@@H]2CC(=O)N21. The van der Waals surface area contributed by atoms with Gasteiger partial charge in [-0.1, -0.05) is 110 Å². The van der Waals surface area contributed by atoms with Gasteiger partial charge in [-0.05, 0) is 12.5 Å². The van der Waals surface area contributed by atoms with Gasteiger partial charge in [0.25, 0.3) is 0 Å². The molecule has 0 aromatic rings. The molecule has 0 bridgehead atoms. The molecule has 2 heterocycles. The Balaban J connectivity index is 1.52. The smallest absolute Gasteiger partial charge is 0.337 e. The van der Waals surface area contributed by atoms with Crippen LogP contribution in [-0.4, -0.2) is 45.4 Å². The van der Waals surface area contributed by atoms with Crippen LogP contribution in [0.15, 0.2) is 11.8 Å². The molecular weight excluding hydrogens is 406 g/mol. The van der Waals surface area contributed by atoms with Crippen LogP contribution in [0.25, 0.3) is 0 Å². The van der Waals surface area contributed by atoms with Crippen molar-refractivity contribution in [3.05, 3.63) is 11.8 Å². The van der Waals surface area contributed by atoms with Gasteiger partial charge in [-0.2, -0.15) is 0 Å². The van der Waals surface area contributed by atoms with Crippen LogP contribution in [0, 0.1) is 0 Å². The lowest BCUT2D eigenvalue weighted by Crippen LogP contribution is -2.62. The van der Waals surface area contributed by atoms with Gasteiger partial charge in [0.05, 0.1) is 13.0 Å². The Hall–Kier alpha value is -1.56. The minimum atomic E-state index is -1.43. The molecule has 2 aliphatic rings. The number of carboxylic acids is 1. The largest absolute Gasteiger partial charge is 0.479 e. The molecule has 0 saturated carbocycles. The Kier molecular flexibility index (Phi) is 12.1. The van der Waals surface area contributed by atoms with E-state index in [-0.39, 0.29) is 24.7 Å². The lowest BCUT2D eigenvalue weighted by atomic mass is 9.86. The third-order valence-electron chi connectivity index (χ3n) is 7.01. The number of aliphatic hydroxyl groups is 1. The normalized spacial score (nSPS) is 23.3. The summed E-state index contributed by atoms with van der Waals surface area (Å²) < 4.78 is 5.65. The fourth-order valence-electron chi connectivity index (χ4n) is 5.09. The fraction of sp³-hybridized carbons (Fsp3) is 0.846. The number of aliphatic carboxylic acids is 1. The summed E-state index contributed by atoms with van der Waals surface area (Å²) in [4.78, 5) is 25.5. The van der Waals surface area contributed by atoms with Crippen molar-refractivity contribution < 1.29 is 24.5 Å². The summed E-state index contributed by atoms with van der Waals surface area (Å²) in [5.74, 6) is -1.02. The van der Waals surface area contributed by atoms with Crippen molar-refractivity contribution in [3.8, 4) is 0 Å². The molecule has 2 aliphatic heterocycles. The Morgan fingerprint density at radius 2 is 1.41 bits per heavy atom. The molecule has 0 aliphatic carbocycles. The second-order valence-corrected chi connectivity index (χ2v) is 9.51. The van der Waals surface area contributed by atoms with E-state index in [1.54, 1.807) is 0 Å². The van der Waals surface area contributed by atoms with E-state index < -0.39 is 17.7 Å². The van der Waals surface area contributed by atoms with Crippen molar-refractivity contribution in [2.24, 2.45) is 0 Å². The van der Waals surface area contributed by atoms with Crippen LogP contribution in [-0.2, 0) is 14.3 Å². The molecule has 0 spiro atoms. The van der Waals surface area contributed by atoms with Gasteiger partial charge in [0.1, 0.15) is 5.76 Å². The maximum atomic E-state index is 12.1. The first-order valence-electron chi connectivity index (χ1n) is 13.1. The van der Waals surface area contributed by atoms with Gasteiger partial charge in [0, 0.05) is 0 Å². The summed E-state index contributed by atoms with van der Waals surface area (Å²) in [6.07, 6.45) is 21.7. The minimum Gasteiger partial charge on any atom is -0.479 e. The Morgan fingerprint density at radius 1 is 0.938 bits per heavy atom. The zero-order valence-corrected chi connectivity index (χ0v) is 20.2. The number of carbonyl (C=O) groups is 2. The zero-order valence-electron chi connectivity index (χ0n) is 20.2. The molecular formula is C26H45NO5. The number of carbonyl (C=O) groups excluding carboxylic acids is 1. The topological polar surface area (TPSA) is 87.1 Å². The highest BCUT2D eigenvalue weighted by Gasteiger charge is 2.64. The van der Waals surface area contributed by atoms with E-state index in [0.29, 0.717) is 6.42 Å². The predicted octanol–water partition coefficient (Wildman–Crippen LogP) is 5.93. The molecule has 6 nitrogen and oxygen atoms in total. The zero-order chi connectivity index (χ0) is 23.2. The van der Waals surface area contributed by atoms with Crippen molar-refractivity contribution in [2.45, 2.75) is 134 Å². The number of aliphatic hydroxyl groups excluding tert-OH is 1. The van der Waals surface area contributed by atoms with Crippen LogP contribution < -0.4 is 0 Å². The molecule has 6 heteroatoms. The Morgan fingerprint density at radius 3 is 1.81 bits per heavy atom. The van der Waals surface area contributed by atoms with Crippen LogP contribution in [0.1, 0.15) is 122 Å². The van der Waals surface area contributed by atoms with Crippen LogP contribution in [0.3, 0.4) is 0 Å². The number of fused-ring (bicyclic) bond motifs is 1. The standard InChI is InChI=1S/C26H45NO5/c1-2-3-4-5-6-7-8-9-10-11-12-13-14-15-16-17-19-26(25(30)31)22(18-20-28)32-24-21-23(29)27(24)26/h18,24,28H,2-17,19-21H2,1H3,(H,30,31)/b22-18-/t24-,26-/m1/s1. The maximum Gasteiger partial charge on any atom is 0.337 e. The van der Waals surface area contributed by atoms with Crippen LogP contribution >= 0.6 is 0 Å². The second kappa shape index (κ2) is 14.6. The lowest BCUT2D eigenvalue weighted by molar-refractivity contribution is -0.171. The molecule has 184 valence electrons. The van der Waals surface area contributed by atoms with Crippen LogP contribution in [0.4, 0.5) is 0 Å². The fourth-order valence-corrected chi connectivity index (χ4v) is 5.09. The van der Waals surface area contributed by atoms with Gasteiger partial charge in [-0.3, -0.25) is 9.69 Å². The average Bonchev–Trinajstić information content (AvgIpc) is 3.02. The summed E-state index contributed by atoms with van der Waals surface area (Å²) in [7, 11) is 0. The first-order valence-corrected chi connectivity index (χ1v) is 13.1. The van der Waals surface area contributed by atoms with Crippen LogP contribution in [0.2, 0.25) is 0 Å². The highest BCUT2D eigenvalue weighted by atomic mass is 16.5. The van der Waals surface area contributed by atoms with Gasteiger partial charge in [0.15, 0.2) is 6.23 Å². The summed E-state index contributed by atoms with van der Waals surface area (Å²) >= 11 is 0. The van der Waals surface area contributed by atoms with Gasteiger partial charge >= 0.3 is 5.97 Å². The van der Waals surface area contributed by atoms with E-state index in [2.05, 4.69) is 6.92 Å². The van der Waals surface area contributed by atoms with E-state index >= 15 is 0 Å². The minimum absolute atomic E-state index is 0.185. The number of hydrogen-bond acceptors (Lipinski definition) is 4. The third kappa shape index (κ3) is 7.23. The summed E-state index contributed by atoms with van der Waals surface area (Å²) in [5, 5.41) is 19.2. The molecule has 2 N–H and O–H groups in total. The predicted molar refractivity (Wildman–Crippen MR) is 126 cm³/mol. The Bertz CT molecular complexity index is 605. The number of unbranched alkanes of at least 4 members (excludes halogenated alkanes) is 15. The first-order chi connectivity index (χ1) is 15.6. The highest BCUT2D eigenvalue weighted by molar-refractivity contribution is 5.94. The van der Waals surface area contributed by atoms with Crippen molar-refractivity contribution in [2.75, 3.05) is 6.61 Å². The van der Waals surface area contributed by atoms with Gasteiger partial charge in [-0.15, -0.1) is 0 Å². The molecule has 2 atom stereocenters. The van der Waals surface area contributed by atoms with Crippen molar-refractivity contribution in [1.82, 2.24) is 4.90 Å². The molecule has 2 fully saturated rings. The van der Waals surface area contributed by atoms with Gasteiger partial charge in [-0.25, -0.2) is 4.79 Å². The van der Waals surface area contributed by atoms with E-state index in [0.717, 1.165) is 19.3 Å². The molecule has 32 heavy (non-hydrogen) atoms. The molecule has 0 aromatic carbocycles. The molecule has 1 amide bonds. The van der Waals surface area contributed by atoms with Gasteiger partial charge < -0.3 is 14.9 Å². The van der Waals surface area contributed by atoms with E-state index in [9.17, 15) is 19.8 Å². The van der Waals surface area contributed by atoms with E-state index in [1.165, 1.54) is 94.4 Å². The quantitative estimate of drug-likeness (QED) is 0.188. The number of β-lactam (4-membered cyclic amide) rings is 1.